The molecule has 9 heteroatoms. The van der Waals surface area contributed by atoms with E-state index in [1.165, 1.54) is 23.4 Å². The van der Waals surface area contributed by atoms with E-state index in [0.717, 1.165) is 0 Å². The second-order valence-corrected chi connectivity index (χ2v) is 5.81. The topological polar surface area (TPSA) is 85.6 Å². The first-order valence-corrected chi connectivity index (χ1v) is 7.75. The molecule has 1 atom stereocenters. The van der Waals surface area contributed by atoms with Gasteiger partial charge in [-0.15, -0.1) is 4.80 Å². The van der Waals surface area contributed by atoms with Crippen LogP contribution >= 0.6 is 23.2 Å². The summed E-state index contributed by atoms with van der Waals surface area (Å²) in [6, 6.07) is 4.22. The molecule has 0 saturated carbocycles. The Kier molecular flexibility index (Phi) is 4.73. The van der Waals surface area contributed by atoms with Gasteiger partial charge in [-0.1, -0.05) is 23.2 Å². The summed E-state index contributed by atoms with van der Waals surface area (Å²) in [4.78, 5) is 22.3. The largest absolute Gasteiger partial charge is 0.344 e. The van der Waals surface area contributed by atoms with Crippen molar-refractivity contribution < 1.29 is 4.79 Å². The molecule has 2 heterocycles. The highest BCUT2D eigenvalue weighted by molar-refractivity contribution is 6.35. The van der Waals surface area contributed by atoms with E-state index in [9.17, 15) is 4.79 Å². The molecule has 1 unspecified atom stereocenters. The van der Waals surface area contributed by atoms with Gasteiger partial charge in [-0.05, 0) is 25.1 Å². The van der Waals surface area contributed by atoms with Gasteiger partial charge in [0.2, 0.25) is 0 Å². The molecule has 3 aromatic rings. The van der Waals surface area contributed by atoms with Crippen molar-refractivity contribution in [1.82, 2.24) is 30.3 Å². The molecule has 1 aromatic carbocycles. The van der Waals surface area contributed by atoms with E-state index in [4.69, 9.17) is 23.2 Å². The molecular formula is C15H12Cl2N6O. The van der Waals surface area contributed by atoms with Crippen LogP contribution in [-0.4, -0.2) is 30.9 Å². The molecule has 2 aromatic heterocycles. The number of carbonyl (C=O) groups is 1. The molecule has 0 bridgehead atoms. The molecule has 3 rings (SSSR count). The summed E-state index contributed by atoms with van der Waals surface area (Å²) in [5, 5.41) is 11.7. The SMILES string of the molecule is CC(NC(=O)c1cc(Cl)cc(Cl)c1)c1nccnc1-n1nccn1. The minimum absolute atomic E-state index is 0.322. The Bertz CT molecular complexity index is 848. The molecular weight excluding hydrogens is 351 g/mol. The molecule has 1 N–H and O–H groups in total. The van der Waals surface area contributed by atoms with Gasteiger partial charge in [0.1, 0.15) is 5.69 Å². The van der Waals surface area contributed by atoms with E-state index in [1.807, 2.05) is 0 Å². The van der Waals surface area contributed by atoms with Gasteiger partial charge in [0.05, 0.1) is 18.4 Å². The van der Waals surface area contributed by atoms with Crippen LogP contribution in [0.4, 0.5) is 0 Å². The zero-order valence-electron chi connectivity index (χ0n) is 12.5. The zero-order chi connectivity index (χ0) is 17.1. The van der Waals surface area contributed by atoms with Crippen molar-refractivity contribution in [3.63, 3.8) is 0 Å². The van der Waals surface area contributed by atoms with Crippen molar-refractivity contribution in [2.75, 3.05) is 0 Å². The minimum Gasteiger partial charge on any atom is -0.344 e. The van der Waals surface area contributed by atoms with E-state index in [0.29, 0.717) is 27.1 Å². The van der Waals surface area contributed by atoms with Crippen molar-refractivity contribution in [2.45, 2.75) is 13.0 Å². The molecule has 0 aliphatic rings. The van der Waals surface area contributed by atoms with Crippen molar-refractivity contribution in [3.05, 3.63) is 64.3 Å². The Hall–Kier alpha value is -2.51. The summed E-state index contributed by atoms with van der Waals surface area (Å²) in [7, 11) is 0. The first-order valence-electron chi connectivity index (χ1n) is 6.99. The van der Waals surface area contributed by atoms with Gasteiger partial charge in [-0.3, -0.25) is 9.78 Å². The molecule has 24 heavy (non-hydrogen) atoms. The fourth-order valence-corrected chi connectivity index (χ4v) is 2.69. The second kappa shape index (κ2) is 6.94. The number of benzene rings is 1. The molecule has 0 aliphatic carbocycles. The van der Waals surface area contributed by atoms with Gasteiger partial charge in [0, 0.05) is 28.0 Å². The van der Waals surface area contributed by atoms with Crippen molar-refractivity contribution >= 4 is 29.1 Å². The summed E-state index contributed by atoms with van der Waals surface area (Å²) >= 11 is 11.9. The fourth-order valence-electron chi connectivity index (χ4n) is 2.16. The standard InChI is InChI=1S/C15H12Cl2N6O/c1-9(22-15(24)10-6-11(16)8-12(17)7-10)13-14(19-3-2-18-13)23-20-4-5-21-23/h2-9H,1H3,(H,22,24). The first kappa shape index (κ1) is 16.4. The lowest BCUT2D eigenvalue weighted by Gasteiger charge is -2.15. The van der Waals surface area contributed by atoms with E-state index in [-0.39, 0.29) is 5.91 Å². The summed E-state index contributed by atoms with van der Waals surface area (Å²) in [6.07, 6.45) is 6.15. The normalized spacial score (nSPS) is 12.0. The molecule has 1 amide bonds. The minimum atomic E-state index is -0.426. The third kappa shape index (κ3) is 3.52. The van der Waals surface area contributed by atoms with Crippen LogP contribution in [0, 0.1) is 0 Å². The van der Waals surface area contributed by atoms with Crippen molar-refractivity contribution in [3.8, 4) is 5.82 Å². The number of amides is 1. The maximum atomic E-state index is 12.4. The molecule has 0 radical (unpaired) electrons. The summed E-state index contributed by atoms with van der Waals surface area (Å²) in [5.74, 6) is 0.122. The highest BCUT2D eigenvalue weighted by Crippen LogP contribution is 2.20. The highest BCUT2D eigenvalue weighted by atomic mass is 35.5. The Labute approximate surface area is 147 Å². The predicted molar refractivity (Wildman–Crippen MR) is 89.3 cm³/mol. The highest BCUT2D eigenvalue weighted by Gasteiger charge is 2.19. The van der Waals surface area contributed by atoms with Gasteiger partial charge >= 0.3 is 0 Å². The van der Waals surface area contributed by atoms with E-state index in [1.54, 1.807) is 31.3 Å². The molecule has 122 valence electrons. The molecule has 0 spiro atoms. The number of halogens is 2. The number of hydrogen-bond donors (Lipinski definition) is 1. The van der Waals surface area contributed by atoms with Crippen LogP contribution in [0.25, 0.3) is 5.82 Å². The van der Waals surface area contributed by atoms with Crippen LogP contribution in [0.2, 0.25) is 10.0 Å². The summed E-state index contributed by atoms with van der Waals surface area (Å²) in [5.41, 5.74) is 0.900. The maximum absolute atomic E-state index is 12.4. The van der Waals surface area contributed by atoms with Crippen LogP contribution in [0.15, 0.2) is 43.0 Å². The third-order valence-corrected chi connectivity index (χ3v) is 3.63. The number of rotatable bonds is 4. The molecule has 7 nitrogen and oxygen atoms in total. The Balaban J connectivity index is 1.85. The number of nitrogens with zero attached hydrogens (tertiary/aromatic N) is 5. The molecule has 0 saturated heterocycles. The Morgan fingerprint density at radius 1 is 1.04 bits per heavy atom. The maximum Gasteiger partial charge on any atom is 0.251 e. The zero-order valence-corrected chi connectivity index (χ0v) is 14.0. The lowest BCUT2D eigenvalue weighted by Crippen LogP contribution is -2.28. The van der Waals surface area contributed by atoms with Gasteiger partial charge in [-0.25, -0.2) is 4.98 Å². The average molecular weight is 363 g/mol. The predicted octanol–water partition coefficient (Wildman–Crippen LogP) is 2.86. The molecule has 0 aliphatic heterocycles. The van der Waals surface area contributed by atoms with Crippen molar-refractivity contribution in [2.24, 2.45) is 0 Å². The van der Waals surface area contributed by atoms with Gasteiger partial charge in [0.25, 0.3) is 5.91 Å². The van der Waals surface area contributed by atoms with E-state index in [2.05, 4.69) is 25.5 Å². The molecule has 0 fully saturated rings. The van der Waals surface area contributed by atoms with Crippen LogP contribution in [0.3, 0.4) is 0 Å². The Morgan fingerprint density at radius 3 is 2.33 bits per heavy atom. The Morgan fingerprint density at radius 2 is 1.67 bits per heavy atom. The first-order chi connectivity index (χ1) is 11.5. The van der Waals surface area contributed by atoms with E-state index >= 15 is 0 Å². The van der Waals surface area contributed by atoms with Crippen LogP contribution in [-0.2, 0) is 0 Å². The fraction of sp³-hybridized carbons (Fsp3) is 0.133. The van der Waals surface area contributed by atoms with Crippen LogP contribution in [0.1, 0.15) is 29.0 Å². The summed E-state index contributed by atoms with van der Waals surface area (Å²) < 4.78 is 0. The van der Waals surface area contributed by atoms with Crippen LogP contribution in [0.5, 0.6) is 0 Å². The number of carbonyl (C=O) groups excluding carboxylic acids is 1. The van der Waals surface area contributed by atoms with Gasteiger partial charge < -0.3 is 5.32 Å². The lowest BCUT2D eigenvalue weighted by atomic mass is 10.1. The second-order valence-electron chi connectivity index (χ2n) is 4.94. The number of hydrogen-bond acceptors (Lipinski definition) is 5. The summed E-state index contributed by atoms with van der Waals surface area (Å²) in [6.45, 7) is 1.79. The van der Waals surface area contributed by atoms with Gasteiger partial charge in [0.15, 0.2) is 5.82 Å². The van der Waals surface area contributed by atoms with Crippen LogP contribution < -0.4 is 5.32 Å². The average Bonchev–Trinajstić information content (AvgIpc) is 3.08. The smallest absolute Gasteiger partial charge is 0.251 e. The number of nitrogens with one attached hydrogen (secondary N) is 1. The van der Waals surface area contributed by atoms with Gasteiger partial charge in [-0.2, -0.15) is 10.2 Å². The lowest BCUT2D eigenvalue weighted by molar-refractivity contribution is 0.0939. The monoisotopic (exact) mass is 362 g/mol. The third-order valence-electron chi connectivity index (χ3n) is 3.20. The number of aromatic nitrogens is 5. The quantitative estimate of drug-likeness (QED) is 0.770. The van der Waals surface area contributed by atoms with Crippen molar-refractivity contribution in [1.29, 1.82) is 0 Å². The van der Waals surface area contributed by atoms with E-state index < -0.39 is 6.04 Å².